The van der Waals surface area contributed by atoms with Crippen molar-refractivity contribution < 1.29 is 51.0 Å². The molecule has 16 heteroatoms. The van der Waals surface area contributed by atoms with Gasteiger partial charge in [0, 0.05) is 44.0 Å². The zero-order valence-corrected chi connectivity index (χ0v) is 28.2. The first-order valence-corrected chi connectivity index (χ1v) is 16.2. The van der Waals surface area contributed by atoms with Gasteiger partial charge in [-0.15, -0.1) is 5.10 Å². The number of hydrogen-bond acceptors (Lipinski definition) is 11. The molecular formula is C33H40F3N5O8. The van der Waals surface area contributed by atoms with Crippen LogP contribution in [0.2, 0.25) is 0 Å². The number of nitrogens with zero attached hydrogens (tertiary/aromatic N) is 5. The van der Waals surface area contributed by atoms with Gasteiger partial charge in [0.15, 0.2) is 29.3 Å². The fourth-order valence-electron chi connectivity index (χ4n) is 6.49. The highest BCUT2D eigenvalue weighted by Crippen LogP contribution is 2.41. The van der Waals surface area contributed by atoms with Crippen LogP contribution in [0.1, 0.15) is 77.8 Å². The number of halogens is 3. The Balaban J connectivity index is 1.24. The molecule has 0 unspecified atom stereocenters. The largest absolute Gasteiger partial charge is 0.457 e. The minimum Gasteiger partial charge on any atom is -0.457 e. The predicted molar refractivity (Wildman–Crippen MR) is 163 cm³/mol. The molecule has 5 atom stereocenters. The molecule has 3 aliphatic heterocycles. The second-order valence-corrected chi connectivity index (χ2v) is 14.1. The maximum atomic E-state index is 14.1. The molecule has 3 fully saturated rings. The molecule has 1 aromatic carbocycles. The van der Waals surface area contributed by atoms with Crippen LogP contribution in [-0.4, -0.2) is 92.6 Å². The smallest absolute Gasteiger partial charge is 0.410 e. The third-order valence-electron chi connectivity index (χ3n) is 8.70. The molecular weight excluding hydrogens is 651 g/mol. The molecule has 0 radical (unpaired) electrons. The normalized spacial score (nSPS) is 25.9. The van der Waals surface area contributed by atoms with Crippen molar-refractivity contribution in [2.24, 2.45) is 0 Å². The van der Waals surface area contributed by atoms with Gasteiger partial charge in [-0.2, -0.15) is 0 Å². The number of fused-ring (bicyclic) bond motifs is 1. The minimum absolute atomic E-state index is 0.0330. The molecule has 0 spiro atoms. The monoisotopic (exact) mass is 691 g/mol. The first-order chi connectivity index (χ1) is 23.1. The number of likely N-dealkylation sites (tertiary alicyclic amines) is 1. The zero-order chi connectivity index (χ0) is 35.2. The van der Waals surface area contributed by atoms with Gasteiger partial charge in [-0.25, -0.2) is 22.6 Å². The Morgan fingerprint density at radius 2 is 1.78 bits per heavy atom. The lowest BCUT2D eigenvalue weighted by molar-refractivity contribution is -0.348. The molecule has 1 amide bonds. The lowest BCUT2D eigenvalue weighted by Crippen LogP contribution is -2.63. The number of hydrogen-bond donors (Lipinski definition) is 0. The van der Waals surface area contributed by atoms with E-state index >= 15 is 0 Å². The number of benzene rings is 1. The molecule has 0 saturated carbocycles. The average molecular weight is 692 g/mol. The molecule has 0 bridgehead atoms. The number of esters is 1. The van der Waals surface area contributed by atoms with E-state index in [0.29, 0.717) is 37.4 Å². The molecule has 2 aromatic heterocycles. The summed E-state index contributed by atoms with van der Waals surface area (Å²) in [6, 6.07) is 2.66. The maximum absolute atomic E-state index is 14.1. The Morgan fingerprint density at radius 1 is 1.08 bits per heavy atom. The topological polar surface area (TPSA) is 140 Å². The van der Waals surface area contributed by atoms with Crippen LogP contribution in [0.25, 0.3) is 11.3 Å². The van der Waals surface area contributed by atoms with Gasteiger partial charge in [-0.05, 0) is 59.6 Å². The number of amides is 1. The van der Waals surface area contributed by atoms with Gasteiger partial charge in [0.1, 0.15) is 41.4 Å². The highest BCUT2D eigenvalue weighted by atomic mass is 19.2. The van der Waals surface area contributed by atoms with E-state index in [1.165, 1.54) is 17.8 Å². The van der Waals surface area contributed by atoms with Gasteiger partial charge in [0.05, 0.1) is 18.5 Å². The van der Waals surface area contributed by atoms with Crippen LogP contribution in [0.15, 0.2) is 28.9 Å². The van der Waals surface area contributed by atoms with Crippen molar-refractivity contribution in [3.8, 4) is 11.3 Å². The number of rotatable bonds is 6. The second-order valence-electron chi connectivity index (χ2n) is 14.1. The second kappa shape index (κ2) is 13.4. The SMILES string of the molecule is CC(=O)O[C@@H]1[C@@H](n2cc(-c3cc(F)c(F)c(F)c3)nn2)[C@H]2OC(C)(C)OC[C@H]2O[C@@H]1Cc1cc(C2CCN(C(=O)OC(C)(C)C)CC2)on1. The van der Waals surface area contributed by atoms with Crippen molar-refractivity contribution in [1.29, 1.82) is 0 Å². The third-order valence-corrected chi connectivity index (χ3v) is 8.70. The van der Waals surface area contributed by atoms with Crippen molar-refractivity contribution in [2.45, 2.75) is 109 Å². The number of ether oxygens (including phenoxy) is 5. The van der Waals surface area contributed by atoms with E-state index in [-0.39, 0.29) is 36.3 Å². The minimum atomic E-state index is -1.60. The summed E-state index contributed by atoms with van der Waals surface area (Å²) < 4.78 is 79.0. The van der Waals surface area contributed by atoms with Crippen LogP contribution in [0.3, 0.4) is 0 Å². The van der Waals surface area contributed by atoms with Crippen LogP contribution in [0.4, 0.5) is 18.0 Å². The van der Waals surface area contributed by atoms with Crippen molar-refractivity contribution in [1.82, 2.24) is 25.1 Å². The first-order valence-electron chi connectivity index (χ1n) is 16.2. The number of aromatic nitrogens is 4. The maximum Gasteiger partial charge on any atom is 0.410 e. The van der Waals surface area contributed by atoms with E-state index in [4.69, 9.17) is 28.2 Å². The summed E-state index contributed by atoms with van der Waals surface area (Å²) in [5.74, 6) is -5.25. The summed E-state index contributed by atoms with van der Waals surface area (Å²) in [6.45, 7) is 11.4. The summed E-state index contributed by atoms with van der Waals surface area (Å²) in [4.78, 5) is 26.7. The molecule has 5 heterocycles. The third kappa shape index (κ3) is 7.75. The molecule has 3 saturated heterocycles. The molecule has 3 aromatic rings. The van der Waals surface area contributed by atoms with E-state index in [9.17, 15) is 22.8 Å². The summed E-state index contributed by atoms with van der Waals surface area (Å²) in [5, 5.41) is 12.6. The van der Waals surface area contributed by atoms with Crippen LogP contribution in [-0.2, 0) is 34.9 Å². The standard InChI is InChI=1S/C33H40F3N5O8/c1-17(42)45-29-25(14-20-13-24(49-38-20)18-7-9-40(10-8-18)31(43)48-32(2,3)4)46-26-16-44-33(5,6)47-30(26)28(29)41-15-23(37-39-41)19-11-21(34)27(36)22(35)12-19/h11-13,15,18,25-26,28-30H,7-10,14,16H2,1-6H3/t25-,26-,28-,29+,30+/m1/s1. The molecule has 0 aliphatic carbocycles. The highest BCUT2D eigenvalue weighted by molar-refractivity contribution is 5.68. The van der Waals surface area contributed by atoms with Crippen molar-refractivity contribution in [3.05, 3.63) is 53.3 Å². The predicted octanol–water partition coefficient (Wildman–Crippen LogP) is 5.10. The molecule has 266 valence electrons. The van der Waals surface area contributed by atoms with E-state index < -0.39 is 65.3 Å². The Hall–Kier alpha value is -4.02. The lowest BCUT2D eigenvalue weighted by atomic mass is 9.88. The van der Waals surface area contributed by atoms with Gasteiger partial charge >= 0.3 is 12.1 Å². The molecule has 6 rings (SSSR count). The fraction of sp³-hybridized carbons (Fsp3) is 0.606. The molecule has 13 nitrogen and oxygen atoms in total. The molecule has 49 heavy (non-hydrogen) atoms. The van der Waals surface area contributed by atoms with Gasteiger partial charge in [0.25, 0.3) is 0 Å². The lowest BCUT2D eigenvalue weighted by Gasteiger charge is -2.50. The summed E-state index contributed by atoms with van der Waals surface area (Å²) >= 11 is 0. The van der Waals surface area contributed by atoms with Crippen LogP contribution >= 0.6 is 0 Å². The first kappa shape index (κ1) is 34.8. The number of carbonyl (C=O) groups excluding carboxylic acids is 2. The average Bonchev–Trinajstić information content (AvgIpc) is 3.69. The van der Waals surface area contributed by atoms with Crippen LogP contribution < -0.4 is 0 Å². The number of piperidine rings is 1. The fourth-order valence-corrected chi connectivity index (χ4v) is 6.49. The van der Waals surface area contributed by atoms with E-state index in [1.54, 1.807) is 18.7 Å². The van der Waals surface area contributed by atoms with Crippen molar-refractivity contribution in [2.75, 3.05) is 19.7 Å². The van der Waals surface area contributed by atoms with Gasteiger partial charge in [-0.3, -0.25) is 4.79 Å². The highest BCUT2D eigenvalue weighted by Gasteiger charge is 2.54. The Labute approximate surface area is 280 Å². The van der Waals surface area contributed by atoms with Gasteiger partial charge in [-0.1, -0.05) is 10.4 Å². The van der Waals surface area contributed by atoms with Crippen LogP contribution in [0.5, 0.6) is 0 Å². The van der Waals surface area contributed by atoms with E-state index in [0.717, 1.165) is 12.1 Å². The Bertz CT molecular complexity index is 1660. The Morgan fingerprint density at radius 3 is 2.43 bits per heavy atom. The number of carbonyl (C=O) groups is 2. The van der Waals surface area contributed by atoms with Crippen LogP contribution in [0, 0.1) is 17.5 Å². The van der Waals surface area contributed by atoms with Gasteiger partial charge in [0.2, 0.25) is 0 Å². The Kier molecular flexibility index (Phi) is 9.50. The molecule has 3 aliphatic rings. The summed E-state index contributed by atoms with van der Waals surface area (Å²) in [6.07, 6.45) is -0.556. The molecule has 0 N–H and O–H groups in total. The van der Waals surface area contributed by atoms with Crippen molar-refractivity contribution in [3.63, 3.8) is 0 Å². The summed E-state index contributed by atoms with van der Waals surface area (Å²) in [7, 11) is 0. The van der Waals surface area contributed by atoms with Crippen molar-refractivity contribution >= 4 is 12.1 Å². The quantitative estimate of drug-likeness (QED) is 0.252. The van der Waals surface area contributed by atoms with E-state index in [2.05, 4.69) is 15.5 Å². The zero-order valence-electron chi connectivity index (χ0n) is 28.2. The van der Waals surface area contributed by atoms with Gasteiger partial charge < -0.3 is 33.1 Å². The van der Waals surface area contributed by atoms with E-state index in [1.807, 2.05) is 26.8 Å². The summed E-state index contributed by atoms with van der Waals surface area (Å²) in [5.41, 5.74) is -0.00325.